The first-order valence-corrected chi connectivity index (χ1v) is 10.9. The Morgan fingerprint density at radius 3 is 2.12 bits per heavy atom. The Hall–Kier alpha value is -3.50. The van der Waals surface area contributed by atoms with Crippen molar-refractivity contribution >= 4 is 50.5 Å². The molecule has 0 bridgehead atoms. The average molecular weight is 480 g/mol. The van der Waals surface area contributed by atoms with Crippen LogP contribution in [0.2, 0.25) is 5.02 Å². The summed E-state index contributed by atoms with van der Waals surface area (Å²) >= 11 is 5.81. The van der Waals surface area contributed by atoms with Crippen molar-refractivity contribution in [2.45, 2.75) is 11.8 Å². The minimum absolute atomic E-state index is 0.0467. The summed E-state index contributed by atoms with van der Waals surface area (Å²) in [6.07, 6.45) is 0. The van der Waals surface area contributed by atoms with Crippen molar-refractivity contribution in [2.24, 2.45) is 0 Å². The van der Waals surface area contributed by atoms with Gasteiger partial charge in [0.2, 0.25) is 5.91 Å². The molecule has 3 aromatic carbocycles. The highest BCUT2D eigenvalue weighted by Gasteiger charge is 2.17. The predicted octanol–water partition coefficient (Wildman–Crippen LogP) is 4.63. The second-order valence-electron chi connectivity index (χ2n) is 6.59. The normalized spacial score (nSPS) is 11.0. The molecule has 3 rings (SSSR count). The van der Waals surface area contributed by atoms with Gasteiger partial charge in [-0.25, -0.2) is 17.2 Å². The molecule has 32 heavy (non-hydrogen) atoms. The number of carbonyl (C=O) groups is 2. The second kappa shape index (κ2) is 9.33. The van der Waals surface area contributed by atoms with Crippen LogP contribution >= 0.6 is 11.6 Å². The molecule has 0 saturated heterocycles. The molecule has 11 heteroatoms. The molecule has 0 fully saturated rings. The molecule has 3 aromatic rings. The zero-order chi connectivity index (χ0) is 23.5. The standard InChI is InChI=1S/C21H16ClF2N3O4S/c1-12(28)25-13-5-7-16(8-6-13)32(30,31)27-15-4-2-3-14(9-15)26-21(29)17-10-19(23)20(24)11-18(17)22/h2-11,27H,1H3,(H,25,28)(H,26,29). The molecular weight excluding hydrogens is 464 g/mol. The molecule has 0 aliphatic rings. The number of halogens is 3. The highest BCUT2D eigenvalue weighted by molar-refractivity contribution is 7.92. The van der Waals surface area contributed by atoms with Crippen molar-refractivity contribution in [3.05, 3.63) is 82.9 Å². The number of rotatable bonds is 6. The third-order valence-corrected chi connectivity index (χ3v) is 5.82. The number of hydrogen-bond donors (Lipinski definition) is 3. The minimum atomic E-state index is -3.96. The Morgan fingerprint density at radius 1 is 0.844 bits per heavy atom. The lowest BCUT2D eigenvalue weighted by molar-refractivity contribution is -0.114. The number of amides is 2. The van der Waals surface area contributed by atoms with Gasteiger partial charge in [-0.2, -0.15) is 0 Å². The topological polar surface area (TPSA) is 104 Å². The van der Waals surface area contributed by atoms with E-state index in [9.17, 15) is 26.8 Å². The lowest BCUT2D eigenvalue weighted by Crippen LogP contribution is -2.15. The second-order valence-corrected chi connectivity index (χ2v) is 8.68. The first-order valence-electron chi connectivity index (χ1n) is 9.01. The summed E-state index contributed by atoms with van der Waals surface area (Å²) in [5.41, 5.74) is 0.495. The predicted molar refractivity (Wildman–Crippen MR) is 117 cm³/mol. The van der Waals surface area contributed by atoms with E-state index in [0.29, 0.717) is 17.8 Å². The molecule has 0 heterocycles. The van der Waals surface area contributed by atoms with Crippen LogP contribution in [0.15, 0.2) is 65.6 Å². The smallest absolute Gasteiger partial charge is 0.261 e. The Labute approximate surface area is 187 Å². The van der Waals surface area contributed by atoms with E-state index >= 15 is 0 Å². The van der Waals surface area contributed by atoms with E-state index in [0.717, 1.165) is 0 Å². The fraction of sp³-hybridized carbons (Fsp3) is 0.0476. The zero-order valence-electron chi connectivity index (χ0n) is 16.4. The van der Waals surface area contributed by atoms with Crippen LogP contribution < -0.4 is 15.4 Å². The first-order chi connectivity index (χ1) is 15.0. The monoisotopic (exact) mass is 479 g/mol. The number of benzene rings is 3. The average Bonchev–Trinajstić information content (AvgIpc) is 2.70. The molecule has 2 amide bonds. The van der Waals surface area contributed by atoms with Crippen LogP contribution in [0.1, 0.15) is 17.3 Å². The summed E-state index contributed by atoms with van der Waals surface area (Å²) in [6.45, 7) is 1.33. The Bertz CT molecular complexity index is 1300. The van der Waals surface area contributed by atoms with Gasteiger partial charge in [0.25, 0.3) is 15.9 Å². The van der Waals surface area contributed by atoms with Crippen LogP contribution in [0, 0.1) is 11.6 Å². The maximum Gasteiger partial charge on any atom is 0.261 e. The summed E-state index contributed by atoms with van der Waals surface area (Å²) in [5, 5.41) is 4.71. The van der Waals surface area contributed by atoms with Crippen LogP contribution in [0.4, 0.5) is 25.8 Å². The van der Waals surface area contributed by atoms with Gasteiger partial charge in [-0.05, 0) is 54.6 Å². The van der Waals surface area contributed by atoms with Gasteiger partial charge in [0.1, 0.15) is 0 Å². The van der Waals surface area contributed by atoms with Crippen LogP contribution in [0.3, 0.4) is 0 Å². The third kappa shape index (κ3) is 5.59. The zero-order valence-corrected chi connectivity index (χ0v) is 18.0. The number of hydrogen-bond acceptors (Lipinski definition) is 4. The van der Waals surface area contributed by atoms with Crippen molar-refractivity contribution in [3.8, 4) is 0 Å². The Morgan fingerprint density at radius 2 is 1.47 bits per heavy atom. The number of anilines is 3. The van der Waals surface area contributed by atoms with E-state index in [-0.39, 0.29) is 32.8 Å². The van der Waals surface area contributed by atoms with E-state index < -0.39 is 27.6 Å². The van der Waals surface area contributed by atoms with Gasteiger partial charge in [0, 0.05) is 18.3 Å². The van der Waals surface area contributed by atoms with E-state index in [1.54, 1.807) is 0 Å². The molecule has 7 nitrogen and oxygen atoms in total. The summed E-state index contributed by atoms with van der Waals surface area (Å²) in [7, 11) is -3.96. The summed E-state index contributed by atoms with van der Waals surface area (Å²) in [5.74, 6) is -3.51. The van der Waals surface area contributed by atoms with Crippen molar-refractivity contribution in [3.63, 3.8) is 0 Å². The highest BCUT2D eigenvalue weighted by atomic mass is 35.5. The SMILES string of the molecule is CC(=O)Nc1ccc(S(=O)(=O)Nc2cccc(NC(=O)c3cc(F)c(F)cc3Cl)c2)cc1. The van der Waals surface area contributed by atoms with Gasteiger partial charge in [0.15, 0.2) is 11.6 Å². The number of sulfonamides is 1. The van der Waals surface area contributed by atoms with Crippen LogP contribution in [0.25, 0.3) is 0 Å². The minimum Gasteiger partial charge on any atom is -0.326 e. The largest absolute Gasteiger partial charge is 0.326 e. The number of nitrogens with one attached hydrogen (secondary N) is 3. The van der Waals surface area contributed by atoms with E-state index in [2.05, 4.69) is 15.4 Å². The van der Waals surface area contributed by atoms with E-state index in [4.69, 9.17) is 11.6 Å². The third-order valence-electron chi connectivity index (χ3n) is 4.11. The maximum absolute atomic E-state index is 13.4. The number of carbonyl (C=O) groups excluding carboxylic acids is 2. The lowest BCUT2D eigenvalue weighted by atomic mass is 10.2. The summed E-state index contributed by atoms with van der Waals surface area (Å²) in [6, 6.07) is 12.7. The molecule has 0 saturated carbocycles. The van der Waals surface area contributed by atoms with Gasteiger partial charge >= 0.3 is 0 Å². The highest BCUT2D eigenvalue weighted by Crippen LogP contribution is 2.24. The molecule has 0 radical (unpaired) electrons. The van der Waals surface area contributed by atoms with Crippen molar-refractivity contribution in [2.75, 3.05) is 15.4 Å². The van der Waals surface area contributed by atoms with Gasteiger partial charge in [0.05, 0.1) is 21.2 Å². The molecule has 0 aliphatic carbocycles. The first kappa shape index (κ1) is 23.2. The van der Waals surface area contributed by atoms with Gasteiger partial charge in [-0.15, -0.1) is 0 Å². The summed E-state index contributed by atoms with van der Waals surface area (Å²) in [4.78, 5) is 23.4. The fourth-order valence-electron chi connectivity index (χ4n) is 2.69. The fourth-order valence-corrected chi connectivity index (χ4v) is 3.98. The lowest BCUT2D eigenvalue weighted by Gasteiger charge is -2.11. The van der Waals surface area contributed by atoms with Crippen molar-refractivity contribution in [1.29, 1.82) is 0 Å². The van der Waals surface area contributed by atoms with Crippen LogP contribution in [0.5, 0.6) is 0 Å². The maximum atomic E-state index is 13.4. The van der Waals surface area contributed by atoms with Crippen LogP contribution in [-0.4, -0.2) is 20.2 Å². The van der Waals surface area contributed by atoms with Crippen molar-refractivity contribution in [1.82, 2.24) is 0 Å². The summed E-state index contributed by atoms with van der Waals surface area (Å²) < 4.78 is 54.3. The molecule has 0 unspecified atom stereocenters. The molecule has 0 atom stereocenters. The Balaban J connectivity index is 1.76. The van der Waals surface area contributed by atoms with Crippen LogP contribution in [-0.2, 0) is 14.8 Å². The molecule has 0 aliphatic heterocycles. The van der Waals surface area contributed by atoms with E-state index in [1.165, 1.54) is 55.5 Å². The quantitative estimate of drug-likeness (QED) is 0.448. The van der Waals surface area contributed by atoms with Gasteiger partial charge in [-0.1, -0.05) is 17.7 Å². The Kier molecular flexibility index (Phi) is 6.75. The molecule has 166 valence electrons. The van der Waals surface area contributed by atoms with E-state index in [1.807, 2.05) is 0 Å². The van der Waals surface area contributed by atoms with Gasteiger partial charge < -0.3 is 10.6 Å². The molecule has 3 N–H and O–H groups in total. The molecule has 0 spiro atoms. The molecule has 0 aromatic heterocycles. The van der Waals surface area contributed by atoms with Crippen molar-refractivity contribution < 1.29 is 26.8 Å². The van der Waals surface area contributed by atoms with Gasteiger partial charge in [-0.3, -0.25) is 14.3 Å². The molecular formula is C21H16ClF2N3O4S.